The molecule has 1 aliphatic rings. The van der Waals surface area contributed by atoms with Gasteiger partial charge in [-0.1, -0.05) is 6.07 Å². The van der Waals surface area contributed by atoms with Gasteiger partial charge in [-0.2, -0.15) is 0 Å². The van der Waals surface area contributed by atoms with E-state index in [2.05, 4.69) is 4.98 Å². The van der Waals surface area contributed by atoms with Gasteiger partial charge in [0.05, 0.1) is 11.1 Å². The zero-order chi connectivity index (χ0) is 14.2. The number of nitrogens with zero attached hydrogens (tertiary/aromatic N) is 1. The van der Waals surface area contributed by atoms with Crippen LogP contribution >= 0.6 is 23.7 Å². The van der Waals surface area contributed by atoms with Crippen LogP contribution in [0.25, 0.3) is 0 Å². The predicted molar refractivity (Wildman–Crippen MR) is 85.8 cm³/mol. The first-order chi connectivity index (χ1) is 9.61. The fourth-order valence-electron chi connectivity index (χ4n) is 2.51. The van der Waals surface area contributed by atoms with Crippen LogP contribution in [-0.2, 0) is 29.2 Å². The maximum atomic E-state index is 12.6. The maximum Gasteiger partial charge on any atom is 0.217 e. The highest BCUT2D eigenvalue weighted by Crippen LogP contribution is 2.29. The molecule has 4 nitrogen and oxygen atoms in total. The van der Waals surface area contributed by atoms with Crippen LogP contribution in [0.5, 0.6) is 0 Å². The highest BCUT2D eigenvalue weighted by molar-refractivity contribution is 7.93. The highest BCUT2D eigenvalue weighted by atomic mass is 35.5. The number of benzene rings is 1. The van der Waals surface area contributed by atoms with Crippen molar-refractivity contribution in [2.24, 2.45) is 5.73 Å². The Morgan fingerprint density at radius 3 is 2.57 bits per heavy atom. The van der Waals surface area contributed by atoms with Crippen molar-refractivity contribution in [3.05, 3.63) is 40.5 Å². The summed E-state index contributed by atoms with van der Waals surface area (Å²) in [5.74, 6) is 0. The van der Waals surface area contributed by atoms with Crippen LogP contribution in [0.15, 0.2) is 33.5 Å². The summed E-state index contributed by atoms with van der Waals surface area (Å²) >= 11 is 1.15. The molecule has 2 aromatic rings. The van der Waals surface area contributed by atoms with Crippen molar-refractivity contribution in [3.8, 4) is 0 Å². The summed E-state index contributed by atoms with van der Waals surface area (Å²) < 4.78 is 25.4. The van der Waals surface area contributed by atoms with Crippen molar-refractivity contribution in [3.63, 3.8) is 0 Å². The van der Waals surface area contributed by atoms with Gasteiger partial charge in [0.1, 0.15) is 9.22 Å². The van der Waals surface area contributed by atoms with E-state index in [4.69, 9.17) is 5.73 Å². The molecule has 1 heterocycles. The number of hydrogen-bond acceptors (Lipinski definition) is 5. The number of aryl methyl sites for hydroxylation is 2. The molecule has 0 unspecified atom stereocenters. The molecule has 0 saturated heterocycles. The van der Waals surface area contributed by atoms with Crippen molar-refractivity contribution >= 4 is 33.6 Å². The van der Waals surface area contributed by atoms with Crippen molar-refractivity contribution in [2.45, 2.75) is 41.3 Å². The van der Waals surface area contributed by atoms with Crippen LogP contribution in [0.4, 0.5) is 0 Å². The average Bonchev–Trinajstić information content (AvgIpc) is 2.96. The van der Waals surface area contributed by atoms with E-state index in [1.54, 1.807) is 6.07 Å². The van der Waals surface area contributed by atoms with E-state index < -0.39 is 9.84 Å². The first-order valence-corrected chi connectivity index (χ1v) is 8.93. The van der Waals surface area contributed by atoms with Gasteiger partial charge < -0.3 is 5.73 Å². The Hall–Kier alpha value is -0.950. The minimum atomic E-state index is -3.46. The van der Waals surface area contributed by atoms with Gasteiger partial charge in [0.15, 0.2) is 0 Å². The van der Waals surface area contributed by atoms with E-state index in [9.17, 15) is 8.42 Å². The lowest BCUT2D eigenvalue weighted by atomic mass is 9.92. The highest BCUT2D eigenvalue weighted by Gasteiger charge is 2.22. The molecule has 0 fully saturated rings. The van der Waals surface area contributed by atoms with Gasteiger partial charge in [-0.15, -0.1) is 23.7 Å². The van der Waals surface area contributed by atoms with Crippen LogP contribution in [-0.4, -0.2) is 13.4 Å². The molecule has 0 radical (unpaired) electrons. The molecule has 3 rings (SSSR count). The van der Waals surface area contributed by atoms with Crippen LogP contribution in [0, 0.1) is 0 Å². The first-order valence-electron chi connectivity index (χ1n) is 6.63. The second-order valence-corrected chi connectivity index (χ2v) is 8.21. The van der Waals surface area contributed by atoms with Crippen molar-refractivity contribution in [1.29, 1.82) is 0 Å². The van der Waals surface area contributed by atoms with Crippen LogP contribution in [0.2, 0.25) is 0 Å². The second kappa shape index (κ2) is 6.44. The zero-order valence-electron chi connectivity index (χ0n) is 11.4. The molecule has 1 aromatic carbocycles. The fourth-order valence-corrected chi connectivity index (χ4v) is 5.02. The number of nitrogens with two attached hydrogens (primary N) is 1. The van der Waals surface area contributed by atoms with Crippen LogP contribution in [0.3, 0.4) is 0 Å². The summed E-state index contributed by atoms with van der Waals surface area (Å²) in [7, 11) is -3.46. The number of sulfone groups is 1. The van der Waals surface area contributed by atoms with Gasteiger partial charge in [-0.3, -0.25) is 0 Å². The third-order valence-electron chi connectivity index (χ3n) is 3.60. The van der Waals surface area contributed by atoms with Gasteiger partial charge in [0.25, 0.3) is 0 Å². The molecule has 0 bridgehead atoms. The van der Waals surface area contributed by atoms with Crippen molar-refractivity contribution < 1.29 is 8.42 Å². The molecular formula is C14H17ClN2O2S2. The molecule has 1 aliphatic carbocycles. The SMILES string of the molecule is Cl.NCc1ncc(S(=O)(=O)c2ccc3c(c2)CCCC3)s1. The lowest BCUT2D eigenvalue weighted by Gasteiger charge is -2.16. The first kappa shape index (κ1) is 16.4. The van der Waals surface area contributed by atoms with Gasteiger partial charge in [0, 0.05) is 6.54 Å². The molecule has 21 heavy (non-hydrogen) atoms. The molecule has 0 atom stereocenters. The van der Waals surface area contributed by atoms with Crippen LogP contribution in [0.1, 0.15) is 29.0 Å². The summed E-state index contributed by atoms with van der Waals surface area (Å²) in [5, 5.41) is 0.640. The molecule has 0 aliphatic heterocycles. The normalized spacial score (nSPS) is 14.3. The molecule has 7 heteroatoms. The molecule has 0 saturated carbocycles. The number of rotatable bonds is 3. The van der Waals surface area contributed by atoms with Gasteiger partial charge in [-0.25, -0.2) is 13.4 Å². The Bertz CT molecular complexity index is 741. The minimum absolute atomic E-state index is 0. The number of fused-ring (bicyclic) bond motifs is 1. The van der Waals surface area contributed by atoms with E-state index in [0.29, 0.717) is 9.90 Å². The summed E-state index contributed by atoms with van der Waals surface area (Å²) in [6.45, 7) is 0.268. The topological polar surface area (TPSA) is 73.0 Å². The molecule has 1 aromatic heterocycles. The largest absolute Gasteiger partial charge is 0.325 e. The van der Waals surface area contributed by atoms with Gasteiger partial charge in [-0.05, 0) is 48.9 Å². The van der Waals surface area contributed by atoms with E-state index in [1.165, 1.54) is 23.7 Å². The smallest absolute Gasteiger partial charge is 0.217 e. The molecule has 2 N–H and O–H groups in total. The van der Waals surface area contributed by atoms with Gasteiger partial charge in [0.2, 0.25) is 9.84 Å². The Morgan fingerprint density at radius 2 is 1.90 bits per heavy atom. The number of hydrogen-bond donors (Lipinski definition) is 1. The fraction of sp³-hybridized carbons (Fsp3) is 0.357. The van der Waals surface area contributed by atoms with E-state index in [-0.39, 0.29) is 23.2 Å². The minimum Gasteiger partial charge on any atom is -0.325 e. The quantitative estimate of drug-likeness (QED) is 0.929. The monoisotopic (exact) mass is 344 g/mol. The van der Waals surface area contributed by atoms with E-state index in [1.807, 2.05) is 12.1 Å². The summed E-state index contributed by atoms with van der Waals surface area (Å²) in [6.07, 6.45) is 5.74. The average molecular weight is 345 g/mol. The third kappa shape index (κ3) is 3.13. The van der Waals surface area contributed by atoms with E-state index in [0.717, 1.165) is 30.6 Å². The van der Waals surface area contributed by atoms with E-state index >= 15 is 0 Å². The Kier molecular flexibility index (Phi) is 5.03. The lowest BCUT2D eigenvalue weighted by Crippen LogP contribution is -2.06. The molecule has 114 valence electrons. The number of halogens is 1. The number of thiazole rings is 1. The molecule has 0 spiro atoms. The summed E-state index contributed by atoms with van der Waals surface area (Å²) in [4.78, 5) is 4.39. The summed E-state index contributed by atoms with van der Waals surface area (Å²) in [6, 6.07) is 5.49. The number of aromatic nitrogens is 1. The Balaban J connectivity index is 0.00000161. The maximum absolute atomic E-state index is 12.6. The Morgan fingerprint density at radius 1 is 1.19 bits per heavy atom. The second-order valence-electron chi connectivity index (χ2n) is 4.92. The molecule has 0 amide bonds. The van der Waals surface area contributed by atoms with Crippen molar-refractivity contribution in [2.75, 3.05) is 0 Å². The molecular weight excluding hydrogens is 328 g/mol. The summed E-state index contributed by atoms with van der Waals surface area (Å²) in [5.41, 5.74) is 7.94. The van der Waals surface area contributed by atoms with Crippen molar-refractivity contribution in [1.82, 2.24) is 4.98 Å². The van der Waals surface area contributed by atoms with Gasteiger partial charge >= 0.3 is 0 Å². The lowest BCUT2D eigenvalue weighted by molar-refractivity contribution is 0.597. The Labute approximate surface area is 134 Å². The van der Waals surface area contributed by atoms with Crippen LogP contribution < -0.4 is 5.73 Å². The standard InChI is InChI=1S/C14H16N2O2S2.ClH/c15-8-13-16-9-14(19-13)20(17,18)12-6-5-10-3-1-2-4-11(10)7-12;/h5-7,9H,1-4,8,15H2;1H. The predicted octanol–water partition coefficient (Wildman–Crippen LogP) is 2.74. The zero-order valence-corrected chi connectivity index (χ0v) is 13.9. The third-order valence-corrected chi connectivity index (χ3v) is 6.83.